The maximum absolute atomic E-state index is 13.3. The molecule has 1 aliphatic heterocycles. The molecule has 0 aliphatic carbocycles. The summed E-state index contributed by atoms with van der Waals surface area (Å²) in [6, 6.07) is 11.9. The lowest BCUT2D eigenvalue weighted by Gasteiger charge is -2.30. The van der Waals surface area contributed by atoms with Gasteiger partial charge < -0.3 is 0 Å². The number of sulfonamides is 1. The lowest BCUT2D eigenvalue weighted by Crippen LogP contribution is -2.35. The summed E-state index contributed by atoms with van der Waals surface area (Å²) in [6.45, 7) is 0.362. The van der Waals surface area contributed by atoms with Crippen molar-refractivity contribution in [2.24, 2.45) is 0 Å². The van der Waals surface area contributed by atoms with Crippen molar-refractivity contribution >= 4 is 15.7 Å². The molecule has 112 valence electrons. The molecule has 0 N–H and O–H groups in total. The van der Waals surface area contributed by atoms with Crippen LogP contribution in [0.1, 0.15) is 17.5 Å². The number of aryl methyl sites for hydroxylation is 1. The van der Waals surface area contributed by atoms with Crippen molar-refractivity contribution in [1.29, 1.82) is 5.26 Å². The van der Waals surface area contributed by atoms with Crippen molar-refractivity contribution in [1.82, 2.24) is 0 Å². The zero-order valence-corrected chi connectivity index (χ0v) is 12.5. The lowest BCUT2D eigenvalue weighted by molar-refractivity contribution is 0.585. The predicted molar refractivity (Wildman–Crippen MR) is 80.4 cm³/mol. The number of hydrogen-bond donors (Lipinski definition) is 0. The molecular weight excluding hydrogens is 303 g/mol. The third kappa shape index (κ3) is 2.44. The van der Waals surface area contributed by atoms with Crippen LogP contribution in [0.5, 0.6) is 0 Å². The van der Waals surface area contributed by atoms with E-state index in [2.05, 4.69) is 0 Å². The highest BCUT2D eigenvalue weighted by molar-refractivity contribution is 7.92. The highest BCUT2D eigenvalue weighted by atomic mass is 32.2. The van der Waals surface area contributed by atoms with Gasteiger partial charge in [-0.2, -0.15) is 5.26 Å². The van der Waals surface area contributed by atoms with E-state index in [0.717, 1.165) is 0 Å². The Morgan fingerprint density at radius 1 is 1.14 bits per heavy atom. The Morgan fingerprint density at radius 3 is 2.55 bits per heavy atom. The highest BCUT2D eigenvalue weighted by Crippen LogP contribution is 2.32. The number of halogens is 1. The van der Waals surface area contributed by atoms with Crippen LogP contribution in [0.2, 0.25) is 0 Å². The third-order valence-corrected chi connectivity index (χ3v) is 5.52. The number of nitrogens with zero attached hydrogens (tertiary/aromatic N) is 2. The first-order chi connectivity index (χ1) is 10.5. The first kappa shape index (κ1) is 14.5. The van der Waals surface area contributed by atoms with E-state index in [4.69, 9.17) is 5.26 Å². The van der Waals surface area contributed by atoms with Gasteiger partial charge in [0.25, 0.3) is 10.0 Å². The van der Waals surface area contributed by atoms with Gasteiger partial charge in [-0.3, -0.25) is 4.31 Å². The van der Waals surface area contributed by atoms with Crippen LogP contribution in [0.25, 0.3) is 0 Å². The fraction of sp³-hybridized carbons (Fsp3) is 0.188. The SMILES string of the molecule is N#Cc1ccc(S(=O)(=O)N2CCCc3cc(F)ccc32)cc1. The van der Waals surface area contributed by atoms with Crippen LogP contribution in [-0.2, 0) is 16.4 Å². The summed E-state index contributed by atoms with van der Waals surface area (Å²) in [4.78, 5) is 0.128. The highest BCUT2D eigenvalue weighted by Gasteiger charge is 2.29. The topological polar surface area (TPSA) is 61.2 Å². The molecule has 0 radical (unpaired) electrons. The van der Waals surface area contributed by atoms with Crippen LogP contribution < -0.4 is 4.31 Å². The van der Waals surface area contributed by atoms with Crippen LogP contribution in [0.4, 0.5) is 10.1 Å². The molecule has 0 atom stereocenters. The van der Waals surface area contributed by atoms with Gasteiger partial charge in [0.1, 0.15) is 5.82 Å². The maximum atomic E-state index is 13.3. The predicted octanol–water partition coefficient (Wildman–Crippen LogP) is 2.84. The summed E-state index contributed by atoms with van der Waals surface area (Å²) >= 11 is 0. The Labute approximate surface area is 128 Å². The molecule has 0 fully saturated rings. The quantitative estimate of drug-likeness (QED) is 0.856. The van der Waals surface area contributed by atoms with E-state index < -0.39 is 10.0 Å². The van der Waals surface area contributed by atoms with Gasteiger partial charge in [0.05, 0.1) is 22.2 Å². The fourth-order valence-corrected chi connectivity index (χ4v) is 4.15. The van der Waals surface area contributed by atoms with Crippen molar-refractivity contribution in [2.45, 2.75) is 17.7 Å². The molecule has 3 rings (SSSR count). The van der Waals surface area contributed by atoms with Crippen molar-refractivity contribution in [2.75, 3.05) is 10.8 Å². The van der Waals surface area contributed by atoms with E-state index in [-0.39, 0.29) is 10.7 Å². The number of nitriles is 1. The van der Waals surface area contributed by atoms with Gasteiger partial charge in [0.15, 0.2) is 0 Å². The fourth-order valence-electron chi connectivity index (χ4n) is 2.61. The molecule has 0 unspecified atom stereocenters. The molecule has 0 aromatic heterocycles. The van der Waals surface area contributed by atoms with Gasteiger partial charge in [-0.1, -0.05) is 0 Å². The molecule has 1 heterocycles. The van der Waals surface area contributed by atoms with Crippen LogP contribution in [0, 0.1) is 17.1 Å². The third-order valence-electron chi connectivity index (χ3n) is 3.69. The van der Waals surface area contributed by atoms with Gasteiger partial charge in [-0.15, -0.1) is 0 Å². The molecule has 4 nitrogen and oxygen atoms in total. The standard InChI is InChI=1S/C16H13FN2O2S/c17-14-5-8-16-13(10-14)2-1-9-19(16)22(20,21)15-6-3-12(11-18)4-7-15/h3-8,10H,1-2,9H2. The summed E-state index contributed by atoms with van der Waals surface area (Å²) in [7, 11) is -3.71. The van der Waals surface area contributed by atoms with Crippen molar-refractivity contribution in [3.8, 4) is 6.07 Å². The Hall–Kier alpha value is -2.39. The first-order valence-electron chi connectivity index (χ1n) is 6.84. The molecule has 1 aliphatic rings. The Bertz CT molecular complexity index is 855. The molecule has 0 spiro atoms. The summed E-state index contributed by atoms with van der Waals surface area (Å²) in [5.74, 6) is -0.364. The van der Waals surface area contributed by atoms with E-state index in [1.165, 1.54) is 46.8 Å². The van der Waals surface area contributed by atoms with Gasteiger partial charge >= 0.3 is 0 Å². The Kier molecular flexibility index (Phi) is 3.59. The summed E-state index contributed by atoms with van der Waals surface area (Å²) < 4.78 is 40.2. The maximum Gasteiger partial charge on any atom is 0.264 e. The largest absolute Gasteiger partial charge is 0.266 e. The normalized spacial score (nSPS) is 14.3. The Morgan fingerprint density at radius 2 is 1.86 bits per heavy atom. The average Bonchev–Trinajstić information content (AvgIpc) is 2.54. The van der Waals surface area contributed by atoms with Crippen molar-refractivity contribution in [3.05, 3.63) is 59.4 Å². The zero-order chi connectivity index (χ0) is 15.7. The van der Waals surface area contributed by atoms with Crippen molar-refractivity contribution in [3.63, 3.8) is 0 Å². The molecule has 6 heteroatoms. The van der Waals surface area contributed by atoms with Gasteiger partial charge in [-0.25, -0.2) is 12.8 Å². The van der Waals surface area contributed by atoms with Gasteiger partial charge in [0, 0.05) is 6.54 Å². The molecule has 2 aromatic carbocycles. The molecule has 0 saturated carbocycles. The molecule has 0 bridgehead atoms. The molecule has 0 saturated heterocycles. The van der Waals surface area contributed by atoms with Crippen LogP contribution in [-0.4, -0.2) is 15.0 Å². The summed E-state index contributed by atoms with van der Waals surface area (Å²) in [5, 5.41) is 8.79. The smallest absolute Gasteiger partial charge is 0.264 e. The molecule has 2 aromatic rings. The molecule has 0 amide bonds. The minimum absolute atomic E-state index is 0.128. The minimum atomic E-state index is -3.71. The summed E-state index contributed by atoms with van der Waals surface area (Å²) in [5.41, 5.74) is 1.63. The molecular formula is C16H13FN2O2S. The van der Waals surface area contributed by atoms with Gasteiger partial charge in [0.2, 0.25) is 0 Å². The Balaban J connectivity index is 2.05. The average molecular weight is 316 g/mol. The zero-order valence-electron chi connectivity index (χ0n) is 11.7. The van der Waals surface area contributed by atoms with E-state index in [1.807, 2.05) is 6.07 Å². The minimum Gasteiger partial charge on any atom is -0.266 e. The lowest BCUT2D eigenvalue weighted by atomic mass is 10.0. The number of rotatable bonds is 2. The van der Waals surface area contributed by atoms with E-state index in [9.17, 15) is 12.8 Å². The van der Waals surface area contributed by atoms with Crippen LogP contribution in [0.3, 0.4) is 0 Å². The monoisotopic (exact) mass is 316 g/mol. The first-order valence-corrected chi connectivity index (χ1v) is 8.28. The number of benzene rings is 2. The van der Waals surface area contributed by atoms with E-state index >= 15 is 0 Å². The summed E-state index contributed by atoms with van der Waals surface area (Å²) in [6.07, 6.45) is 1.30. The second kappa shape index (κ2) is 5.43. The van der Waals surface area contributed by atoms with E-state index in [1.54, 1.807) is 0 Å². The van der Waals surface area contributed by atoms with Crippen LogP contribution in [0.15, 0.2) is 47.4 Å². The number of anilines is 1. The molecule has 22 heavy (non-hydrogen) atoms. The van der Waals surface area contributed by atoms with Crippen LogP contribution >= 0.6 is 0 Å². The number of hydrogen-bond acceptors (Lipinski definition) is 3. The second-order valence-electron chi connectivity index (χ2n) is 5.09. The van der Waals surface area contributed by atoms with Crippen molar-refractivity contribution < 1.29 is 12.8 Å². The number of fused-ring (bicyclic) bond motifs is 1. The van der Waals surface area contributed by atoms with Gasteiger partial charge in [-0.05, 0) is 60.9 Å². The second-order valence-corrected chi connectivity index (χ2v) is 6.95. The van der Waals surface area contributed by atoms with E-state index in [0.29, 0.717) is 36.2 Å².